The minimum atomic E-state index is -0.830. The van der Waals surface area contributed by atoms with Crippen molar-refractivity contribution in [3.05, 3.63) is 37.0 Å². The van der Waals surface area contributed by atoms with Crippen molar-refractivity contribution in [3.63, 3.8) is 0 Å². The fraction of sp³-hybridized carbons (Fsp3) is 0.600. The van der Waals surface area contributed by atoms with Crippen LogP contribution in [-0.4, -0.2) is 21.4 Å². The van der Waals surface area contributed by atoms with Crippen molar-refractivity contribution in [2.45, 2.75) is 57.7 Å². The van der Waals surface area contributed by atoms with Gasteiger partial charge in [-0.1, -0.05) is 30.4 Å². The van der Waals surface area contributed by atoms with E-state index in [1.54, 1.807) is 13.0 Å². The molecule has 98 valence electrons. The van der Waals surface area contributed by atoms with Crippen LogP contribution in [0.25, 0.3) is 0 Å². The van der Waals surface area contributed by atoms with Crippen molar-refractivity contribution in [2.24, 2.45) is 0 Å². The monoisotopic (exact) mass is 238 g/mol. The maximum absolute atomic E-state index is 10.1. The second-order valence-electron chi connectivity index (χ2n) is 5.36. The summed E-state index contributed by atoms with van der Waals surface area (Å²) in [5.41, 5.74) is -0.567. The van der Waals surface area contributed by atoms with Gasteiger partial charge in [-0.25, -0.2) is 0 Å². The summed E-state index contributed by atoms with van der Waals surface area (Å²) in [4.78, 5) is 0. The molecule has 0 heterocycles. The Morgan fingerprint density at radius 3 is 2.29 bits per heavy atom. The lowest BCUT2D eigenvalue weighted by Gasteiger charge is -2.24. The molecule has 0 rings (SSSR count). The van der Waals surface area contributed by atoms with Gasteiger partial charge < -0.3 is 10.2 Å². The molecule has 0 saturated heterocycles. The highest BCUT2D eigenvalue weighted by molar-refractivity contribution is 5.11. The van der Waals surface area contributed by atoms with Crippen LogP contribution in [0, 0.1) is 0 Å². The average molecular weight is 238 g/mol. The number of hydrogen-bond acceptors (Lipinski definition) is 2. The standard InChI is InChI=1S/C15H26O2/c1-6-14(4,16)11-8-12-15(5,17)10-7-9-13(2)3/h6-7,9,16-17H,1-2,8,10-12H2,3-5H3/b9-7+/t14-,15-/m1/s1. The minimum absolute atomic E-state index is 0.607. The zero-order valence-corrected chi connectivity index (χ0v) is 11.4. The molecule has 0 fully saturated rings. The third kappa shape index (κ3) is 8.90. The summed E-state index contributed by atoms with van der Waals surface area (Å²) < 4.78 is 0. The second kappa shape index (κ2) is 6.77. The topological polar surface area (TPSA) is 40.5 Å². The van der Waals surface area contributed by atoms with Crippen molar-refractivity contribution in [3.8, 4) is 0 Å². The molecule has 0 aromatic heterocycles. The molecular formula is C15H26O2. The Hall–Kier alpha value is -0.860. The van der Waals surface area contributed by atoms with Crippen LogP contribution in [0.5, 0.6) is 0 Å². The molecule has 0 bridgehead atoms. The van der Waals surface area contributed by atoms with E-state index in [-0.39, 0.29) is 0 Å². The van der Waals surface area contributed by atoms with Crippen LogP contribution < -0.4 is 0 Å². The summed E-state index contributed by atoms with van der Waals surface area (Å²) in [6.45, 7) is 12.8. The van der Waals surface area contributed by atoms with Gasteiger partial charge in [0.1, 0.15) is 0 Å². The van der Waals surface area contributed by atoms with E-state index in [9.17, 15) is 10.2 Å². The summed E-state index contributed by atoms with van der Waals surface area (Å²) in [7, 11) is 0. The van der Waals surface area contributed by atoms with Crippen molar-refractivity contribution in [2.75, 3.05) is 0 Å². The van der Waals surface area contributed by atoms with E-state index in [1.807, 2.05) is 26.0 Å². The predicted molar refractivity (Wildman–Crippen MR) is 73.9 cm³/mol. The van der Waals surface area contributed by atoms with Crippen molar-refractivity contribution >= 4 is 0 Å². The highest BCUT2D eigenvalue weighted by atomic mass is 16.3. The van der Waals surface area contributed by atoms with Gasteiger partial charge in [0.2, 0.25) is 0 Å². The summed E-state index contributed by atoms with van der Waals surface area (Å²) in [5, 5.41) is 19.9. The molecule has 0 radical (unpaired) electrons. The molecule has 0 aromatic carbocycles. The second-order valence-corrected chi connectivity index (χ2v) is 5.36. The molecule has 17 heavy (non-hydrogen) atoms. The molecule has 0 amide bonds. The molecule has 0 unspecified atom stereocenters. The molecular weight excluding hydrogens is 212 g/mol. The number of allylic oxidation sites excluding steroid dienone is 2. The third-order valence-electron chi connectivity index (χ3n) is 2.80. The third-order valence-corrected chi connectivity index (χ3v) is 2.80. The Kier molecular flexibility index (Phi) is 6.43. The van der Waals surface area contributed by atoms with Gasteiger partial charge >= 0.3 is 0 Å². The SMILES string of the molecule is C=C[C@@](C)(O)CCC[C@](C)(O)C/C=C/C(=C)C. The highest BCUT2D eigenvalue weighted by Gasteiger charge is 2.21. The summed E-state index contributed by atoms with van der Waals surface area (Å²) in [5.74, 6) is 0. The summed E-state index contributed by atoms with van der Waals surface area (Å²) in [6.07, 6.45) is 8.06. The molecule has 2 nitrogen and oxygen atoms in total. The molecule has 2 atom stereocenters. The lowest BCUT2D eigenvalue weighted by molar-refractivity contribution is 0.0397. The van der Waals surface area contributed by atoms with Crippen molar-refractivity contribution < 1.29 is 10.2 Å². The Balaban J connectivity index is 4.01. The fourth-order valence-corrected chi connectivity index (χ4v) is 1.55. The molecule has 0 spiro atoms. The van der Waals surface area contributed by atoms with Crippen LogP contribution >= 0.6 is 0 Å². The maximum atomic E-state index is 10.1. The van der Waals surface area contributed by atoms with Crippen LogP contribution in [0.1, 0.15) is 46.5 Å². The lowest BCUT2D eigenvalue weighted by Crippen LogP contribution is -2.26. The lowest BCUT2D eigenvalue weighted by atomic mass is 9.91. The van der Waals surface area contributed by atoms with Gasteiger partial charge in [-0.2, -0.15) is 0 Å². The van der Waals surface area contributed by atoms with Gasteiger partial charge in [0, 0.05) is 0 Å². The van der Waals surface area contributed by atoms with Crippen LogP contribution in [0.2, 0.25) is 0 Å². The Bertz CT molecular complexity index is 285. The van der Waals surface area contributed by atoms with E-state index in [0.29, 0.717) is 19.3 Å². The van der Waals surface area contributed by atoms with Gasteiger partial charge in [-0.05, 0) is 46.5 Å². The van der Waals surface area contributed by atoms with E-state index in [1.165, 1.54) is 0 Å². The predicted octanol–water partition coefficient (Wildman–Crippen LogP) is 3.37. The first-order valence-electron chi connectivity index (χ1n) is 6.09. The van der Waals surface area contributed by atoms with E-state index < -0.39 is 11.2 Å². The fourth-order valence-electron chi connectivity index (χ4n) is 1.55. The summed E-state index contributed by atoms with van der Waals surface area (Å²) >= 11 is 0. The van der Waals surface area contributed by atoms with Crippen LogP contribution in [0.15, 0.2) is 37.0 Å². The first kappa shape index (κ1) is 16.1. The number of aliphatic hydroxyl groups is 2. The van der Waals surface area contributed by atoms with Gasteiger partial charge in [0.25, 0.3) is 0 Å². The molecule has 2 heteroatoms. The number of rotatable bonds is 8. The Morgan fingerprint density at radius 2 is 1.82 bits per heavy atom. The molecule has 2 N–H and O–H groups in total. The van der Waals surface area contributed by atoms with Gasteiger partial charge in [0.05, 0.1) is 11.2 Å². The van der Waals surface area contributed by atoms with Gasteiger partial charge in [-0.15, -0.1) is 6.58 Å². The van der Waals surface area contributed by atoms with E-state index in [2.05, 4.69) is 13.2 Å². The van der Waals surface area contributed by atoms with Crippen molar-refractivity contribution in [1.82, 2.24) is 0 Å². The zero-order chi connectivity index (χ0) is 13.5. The smallest absolute Gasteiger partial charge is 0.0797 e. The van der Waals surface area contributed by atoms with Crippen LogP contribution in [-0.2, 0) is 0 Å². The Morgan fingerprint density at radius 1 is 1.24 bits per heavy atom. The number of hydrogen-bond donors (Lipinski definition) is 2. The van der Waals surface area contributed by atoms with Crippen LogP contribution in [0.4, 0.5) is 0 Å². The molecule has 0 aliphatic rings. The van der Waals surface area contributed by atoms with Crippen LogP contribution in [0.3, 0.4) is 0 Å². The molecule has 0 aromatic rings. The normalized spacial score (nSPS) is 18.6. The average Bonchev–Trinajstić information content (AvgIpc) is 2.16. The highest BCUT2D eigenvalue weighted by Crippen LogP contribution is 2.22. The maximum Gasteiger partial charge on any atom is 0.0797 e. The molecule has 0 saturated carbocycles. The first-order valence-corrected chi connectivity index (χ1v) is 6.09. The summed E-state index contributed by atoms with van der Waals surface area (Å²) in [6, 6.07) is 0. The zero-order valence-electron chi connectivity index (χ0n) is 11.4. The van der Waals surface area contributed by atoms with Gasteiger partial charge in [0.15, 0.2) is 0 Å². The first-order chi connectivity index (χ1) is 7.68. The molecule has 0 aliphatic carbocycles. The van der Waals surface area contributed by atoms with E-state index in [0.717, 1.165) is 12.0 Å². The molecule has 0 aliphatic heterocycles. The van der Waals surface area contributed by atoms with E-state index >= 15 is 0 Å². The Labute approximate surface area is 105 Å². The van der Waals surface area contributed by atoms with Crippen molar-refractivity contribution in [1.29, 1.82) is 0 Å². The van der Waals surface area contributed by atoms with Gasteiger partial charge in [-0.3, -0.25) is 0 Å². The quantitative estimate of drug-likeness (QED) is 0.503. The van der Waals surface area contributed by atoms with E-state index in [4.69, 9.17) is 0 Å². The largest absolute Gasteiger partial charge is 0.390 e. The minimum Gasteiger partial charge on any atom is -0.390 e.